The molecule has 0 aliphatic heterocycles. The average Bonchev–Trinajstić information content (AvgIpc) is 3.07. The maximum atomic E-state index is 13.2. The number of carbonyl (C=O) groups is 1. The zero-order valence-corrected chi connectivity index (χ0v) is 14.9. The summed E-state index contributed by atoms with van der Waals surface area (Å²) >= 11 is 0. The van der Waals surface area contributed by atoms with Crippen molar-refractivity contribution >= 4 is 11.7 Å². The summed E-state index contributed by atoms with van der Waals surface area (Å²) in [5.41, 5.74) is 0.152. The number of alkyl halides is 3. The van der Waals surface area contributed by atoms with Crippen LogP contribution in [0.4, 0.5) is 18.9 Å². The Morgan fingerprint density at radius 3 is 2.21 bits per heavy atom. The van der Waals surface area contributed by atoms with Crippen LogP contribution in [0.1, 0.15) is 16.1 Å². The molecule has 9 heteroatoms. The Bertz CT molecular complexity index is 1030. The molecule has 0 spiro atoms. The molecule has 2 aromatic carbocycles. The van der Waals surface area contributed by atoms with Crippen molar-refractivity contribution in [2.75, 3.05) is 19.0 Å². The van der Waals surface area contributed by atoms with Crippen molar-refractivity contribution in [3.63, 3.8) is 0 Å². The molecular weight excluding hydrogens is 375 g/mol. The van der Waals surface area contributed by atoms with Crippen LogP contribution in [0.2, 0.25) is 0 Å². The number of carboxylic acids is 1. The number of aromatic hydroxyl groups is 1. The van der Waals surface area contributed by atoms with Crippen LogP contribution in [0.25, 0.3) is 16.9 Å². The van der Waals surface area contributed by atoms with E-state index in [2.05, 4.69) is 5.10 Å². The van der Waals surface area contributed by atoms with Crippen molar-refractivity contribution in [3.05, 3.63) is 59.8 Å². The second kappa shape index (κ2) is 6.91. The van der Waals surface area contributed by atoms with Crippen molar-refractivity contribution in [1.29, 1.82) is 0 Å². The van der Waals surface area contributed by atoms with Crippen molar-refractivity contribution in [1.82, 2.24) is 9.78 Å². The van der Waals surface area contributed by atoms with Gasteiger partial charge in [-0.3, -0.25) is 0 Å². The summed E-state index contributed by atoms with van der Waals surface area (Å²) < 4.78 is 40.7. The number of hydrogen-bond acceptors (Lipinski definition) is 4. The van der Waals surface area contributed by atoms with Crippen LogP contribution in [-0.4, -0.2) is 40.1 Å². The van der Waals surface area contributed by atoms with Crippen LogP contribution in [-0.2, 0) is 6.18 Å². The fourth-order valence-electron chi connectivity index (χ4n) is 2.69. The van der Waals surface area contributed by atoms with Gasteiger partial charge in [-0.1, -0.05) is 12.1 Å². The third-order valence-electron chi connectivity index (χ3n) is 4.14. The van der Waals surface area contributed by atoms with Gasteiger partial charge in [-0.2, -0.15) is 18.3 Å². The largest absolute Gasteiger partial charge is 0.507 e. The predicted molar refractivity (Wildman–Crippen MR) is 97.0 cm³/mol. The van der Waals surface area contributed by atoms with E-state index in [1.165, 1.54) is 6.07 Å². The number of anilines is 1. The number of phenols is 1. The Kier molecular flexibility index (Phi) is 4.76. The van der Waals surface area contributed by atoms with E-state index in [4.69, 9.17) is 5.11 Å². The minimum Gasteiger partial charge on any atom is -0.507 e. The van der Waals surface area contributed by atoms with Crippen molar-refractivity contribution in [2.45, 2.75) is 6.18 Å². The second-order valence-corrected chi connectivity index (χ2v) is 6.27. The molecule has 0 unspecified atom stereocenters. The number of halogens is 3. The normalized spacial score (nSPS) is 11.5. The SMILES string of the molecule is CN(C)c1ccc(-c2cc(C(F)(F)F)nn2-c2ccc(C(=O)O)c(O)c2)cc1. The number of nitrogens with zero attached hydrogens (tertiary/aromatic N) is 3. The monoisotopic (exact) mass is 391 g/mol. The molecule has 28 heavy (non-hydrogen) atoms. The lowest BCUT2D eigenvalue weighted by atomic mass is 10.1. The lowest BCUT2D eigenvalue weighted by Crippen LogP contribution is -2.08. The quantitative estimate of drug-likeness (QED) is 0.702. The van der Waals surface area contributed by atoms with Crippen LogP contribution in [0.3, 0.4) is 0 Å². The summed E-state index contributed by atoms with van der Waals surface area (Å²) in [5, 5.41) is 22.5. The molecule has 0 bridgehead atoms. The highest BCUT2D eigenvalue weighted by molar-refractivity contribution is 5.91. The first-order chi connectivity index (χ1) is 13.1. The first kappa shape index (κ1) is 19.3. The highest BCUT2D eigenvalue weighted by Gasteiger charge is 2.35. The van der Waals surface area contributed by atoms with E-state index in [0.29, 0.717) is 5.56 Å². The van der Waals surface area contributed by atoms with E-state index in [0.717, 1.165) is 28.6 Å². The first-order valence-corrected chi connectivity index (χ1v) is 8.09. The van der Waals surface area contributed by atoms with Gasteiger partial charge in [-0.15, -0.1) is 0 Å². The smallest absolute Gasteiger partial charge is 0.435 e. The van der Waals surface area contributed by atoms with E-state index in [-0.39, 0.29) is 16.9 Å². The van der Waals surface area contributed by atoms with Crippen molar-refractivity contribution in [2.24, 2.45) is 0 Å². The average molecular weight is 391 g/mol. The summed E-state index contributed by atoms with van der Waals surface area (Å²) in [6, 6.07) is 11.2. The molecule has 2 N–H and O–H groups in total. The summed E-state index contributed by atoms with van der Waals surface area (Å²) in [4.78, 5) is 12.9. The Balaban J connectivity index is 2.16. The molecule has 3 rings (SSSR count). The number of hydrogen-bond donors (Lipinski definition) is 2. The third kappa shape index (κ3) is 3.64. The fraction of sp³-hybridized carbons (Fsp3) is 0.158. The summed E-state index contributed by atoms with van der Waals surface area (Å²) in [6.45, 7) is 0. The van der Waals surface area contributed by atoms with Crippen LogP contribution in [0.15, 0.2) is 48.5 Å². The lowest BCUT2D eigenvalue weighted by molar-refractivity contribution is -0.141. The van der Waals surface area contributed by atoms with Gasteiger partial charge in [-0.05, 0) is 30.3 Å². The van der Waals surface area contributed by atoms with E-state index in [1.807, 2.05) is 19.0 Å². The zero-order valence-electron chi connectivity index (χ0n) is 14.9. The minimum atomic E-state index is -4.66. The van der Waals surface area contributed by atoms with Crippen molar-refractivity contribution in [3.8, 4) is 22.7 Å². The predicted octanol–water partition coefficient (Wildman–Crippen LogP) is 4.03. The van der Waals surface area contributed by atoms with Gasteiger partial charge in [0.25, 0.3) is 0 Å². The van der Waals surface area contributed by atoms with Gasteiger partial charge >= 0.3 is 12.1 Å². The minimum absolute atomic E-state index is 0.102. The third-order valence-corrected chi connectivity index (χ3v) is 4.14. The van der Waals surface area contributed by atoms with Gasteiger partial charge in [0.05, 0.1) is 11.4 Å². The summed E-state index contributed by atoms with van der Waals surface area (Å²) in [7, 11) is 3.68. The molecule has 0 fully saturated rings. The Hall–Kier alpha value is -3.49. The number of rotatable bonds is 4. The Morgan fingerprint density at radius 1 is 1.07 bits per heavy atom. The van der Waals surface area contributed by atoms with Gasteiger partial charge in [-0.25, -0.2) is 9.48 Å². The van der Waals surface area contributed by atoms with Crippen LogP contribution in [0.5, 0.6) is 5.75 Å². The lowest BCUT2D eigenvalue weighted by Gasteiger charge is -2.13. The topological polar surface area (TPSA) is 78.6 Å². The fourth-order valence-corrected chi connectivity index (χ4v) is 2.69. The molecular formula is C19H16F3N3O3. The van der Waals surface area contributed by atoms with E-state index < -0.39 is 23.6 Å². The van der Waals surface area contributed by atoms with Crippen LogP contribution >= 0.6 is 0 Å². The maximum Gasteiger partial charge on any atom is 0.435 e. The van der Waals surface area contributed by atoms with Crippen LogP contribution < -0.4 is 4.90 Å². The highest BCUT2D eigenvalue weighted by Crippen LogP contribution is 2.34. The molecule has 1 aromatic heterocycles. The molecule has 0 radical (unpaired) electrons. The number of carboxylic acid groups (broad SMARTS) is 1. The molecule has 0 atom stereocenters. The second-order valence-electron chi connectivity index (χ2n) is 6.27. The van der Waals surface area contributed by atoms with Crippen molar-refractivity contribution < 1.29 is 28.2 Å². The molecule has 3 aromatic rings. The number of benzene rings is 2. The summed E-state index contributed by atoms with van der Waals surface area (Å²) in [6.07, 6.45) is -4.66. The van der Waals surface area contributed by atoms with Gasteiger partial charge in [0.15, 0.2) is 5.69 Å². The Labute approximate surface area is 158 Å². The number of aromatic carboxylic acids is 1. The van der Waals surface area contributed by atoms with E-state index in [1.54, 1.807) is 24.3 Å². The highest BCUT2D eigenvalue weighted by atomic mass is 19.4. The molecule has 0 saturated carbocycles. The van der Waals surface area contributed by atoms with Gasteiger partial charge in [0, 0.05) is 31.4 Å². The molecule has 1 heterocycles. The van der Waals surface area contributed by atoms with Gasteiger partial charge in [0.2, 0.25) is 0 Å². The van der Waals surface area contributed by atoms with E-state index >= 15 is 0 Å². The summed E-state index contributed by atoms with van der Waals surface area (Å²) in [5.74, 6) is -1.91. The Morgan fingerprint density at radius 2 is 1.71 bits per heavy atom. The van der Waals surface area contributed by atoms with Gasteiger partial charge < -0.3 is 15.1 Å². The van der Waals surface area contributed by atoms with E-state index in [9.17, 15) is 23.1 Å². The van der Waals surface area contributed by atoms with Crippen LogP contribution in [0, 0.1) is 0 Å². The number of aromatic nitrogens is 2. The maximum absolute atomic E-state index is 13.2. The zero-order chi connectivity index (χ0) is 20.6. The molecule has 0 saturated heterocycles. The molecule has 0 aliphatic rings. The first-order valence-electron chi connectivity index (χ1n) is 8.09. The molecule has 0 amide bonds. The standard InChI is InChI=1S/C19H16F3N3O3/c1-24(2)12-5-3-11(4-6-12)15-10-17(19(20,21)22)23-25(15)13-7-8-14(18(27)28)16(26)9-13/h3-10,26H,1-2H3,(H,27,28). The molecule has 146 valence electrons. The van der Waals surface area contributed by atoms with Gasteiger partial charge in [0.1, 0.15) is 11.3 Å². The molecule has 6 nitrogen and oxygen atoms in total. The molecule has 0 aliphatic carbocycles.